The van der Waals surface area contributed by atoms with E-state index in [-0.39, 0.29) is 0 Å². The first-order valence-electron chi connectivity index (χ1n) is 5.14. The molecular formula is C10H23NOS. The molecule has 80 valence electrons. The van der Waals surface area contributed by atoms with Gasteiger partial charge in [0.05, 0.1) is 6.61 Å². The van der Waals surface area contributed by atoms with Crippen LogP contribution >= 0.6 is 11.8 Å². The van der Waals surface area contributed by atoms with Crippen LogP contribution < -0.4 is 5.32 Å². The van der Waals surface area contributed by atoms with E-state index in [2.05, 4.69) is 26.1 Å². The molecule has 3 heteroatoms. The molecule has 13 heavy (non-hydrogen) atoms. The van der Waals surface area contributed by atoms with Crippen molar-refractivity contribution in [2.45, 2.75) is 33.2 Å². The minimum Gasteiger partial charge on any atom is -0.396 e. The highest BCUT2D eigenvalue weighted by atomic mass is 32.2. The van der Waals surface area contributed by atoms with Gasteiger partial charge in [-0.1, -0.05) is 20.8 Å². The van der Waals surface area contributed by atoms with Crippen LogP contribution in [0, 0.1) is 5.92 Å². The highest BCUT2D eigenvalue weighted by Crippen LogP contribution is 2.09. The van der Waals surface area contributed by atoms with E-state index < -0.39 is 0 Å². The van der Waals surface area contributed by atoms with Gasteiger partial charge in [0.25, 0.3) is 0 Å². The predicted molar refractivity (Wildman–Crippen MR) is 61.3 cm³/mol. The number of thioether (sulfide) groups is 1. The van der Waals surface area contributed by atoms with E-state index >= 15 is 0 Å². The second-order valence-electron chi connectivity index (χ2n) is 3.60. The summed E-state index contributed by atoms with van der Waals surface area (Å²) >= 11 is 1.83. The maximum absolute atomic E-state index is 8.65. The highest BCUT2D eigenvalue weighted by Gasteiger charge is 2.11. The summed E-state index contributed by atoms with van der Waals surface area (Å²) in [4.78, 5) is 0. The Labute approximate surface area is 86.5 Å². The molecule has 0 bridgehead atoms. The van der Waals surface area contributed by atoms with Crippen LogP contribution in [0.1, 0.15) is 27.2 Å². The van der Waals surface area contributed by atoms with Crippen molar-refractivity contribution in [3.05, 3.63) is 0 Å². The molecule has 0 aromatic rings. The topological polar surface area (TPSA) is 32.3 Å². The molecule has 0 aromatic heterocycles. The molecule has 0 saturated heterocycles. The van der Waals surface area contributed by atoms with Crippen LogP contribution in [0.2, 0.25) is 0 Å². The first-order chi connectivity index (χ1) is 6.22. The van der Waals surface area contributed by atoms with Gasteiger partial charge in [-0.15, -0.1) is 0 Å². The van der Waals surface area contributed by atoms with Crippen molar-refractivity contribution in [1.82, 2.24) is 5.32 Å². The summed E-state index contributed by atoms with van der Waals surface area (Å²) in [5.41, 5.74) is 0. The molecule has 0 spiro atoms. The van der Waals surface area contributed by atoms with Crippen LogP contribution in [-0.2, 0) is 0 Å². The average molecular weight is 205 g/mol. The van der Waals surface area contributed by atoms with Gasteiger partial charge in [-0.25, -0.2) is 0 Å². The van der Waals surface area contributed by atoms with E-state index in [1.165, 1.54) is 6.42 Å². The van der Waals surface area contributed by atoms with E-state index in [1.807, 2.05) is 11.8 Å². The van der Waals surface area contributed by atoms with E-state index in [4.69, 9.17) is 5.11 Å². The molecule has 0 saturated carbocycles. The summed E-state index contributed by atoms with van der Waals surface area (Å²) in [7, 11) is 0. The molecule has 2 nitrogen and oxygen atoms in total. The Morgan fingerprint density at radius 2 is 2.08 bits per heavy atom. The number of hydrogen-bond donors (Lipinski definition) is 2. The van der Waals surface area contributed by atoms with E-state index in [0.717, 1.165) is 18.1 Å². The van der Waals surface area contributed by atoms with Gasteiger partial charge in [-0.2, -0.15) is 11.8 Å². The largest absolute Gasteiger partial charge is 0.396 e. The molecular weight excluding hydrogens is 182 g/mol. The van der Waals surface area contributed by atoms with Gasteiger partial charge in [0, 0.05) is 17.5 Å². The lowest BCUT2D eigenvalue weighted by molar-refractivity contribution is 0.322. The number of hydrogen-bond acceptors (Lipinski definition) is 3. The fourth-order valence-electron chi connectivity index (χ4n) is 1.09. The zero-order chi connectivity index (χ0) is 10.1. The van der Waals surface area contributed by atoms with Crippen molar-refractivity contribution in [2.24, 2.45) is 5.92 Å². The summed E-state index contributed by atoms with van der Waals surface area (Å²) in [6.45, 7) is 8.07. The van der Waals surface area contributed by atoms with Crippen molar-refractivity contribution in [1.29, 1.82) is 0 Å². The summed E-state index contributed by atoms with van der Waals surface area (Å²) in [6.07, 6.45) is 1.19. The Hall–Kier alpha value is 0.270. The van der Waals surface area contributed by atoms with Gasteiger partial charge >= 0.3 is 0 Å². The lowest BCUT2D eigenvalue weighted by Crippen LogP contribution is -2.36. The standard InChI is InChI=1S/C10H23NOS/c1-4-5-11-10(9(2)3)8-13-7-6-12/h9-12H,4-8H2,1-3H3. The Morgan fingerprint density at radius 1 is 1.38 bits per heavy atom. The predicted octanol–water partition coefficient (Wildman–Crippen LogP) is 1.74. The summed E-state index contributed by atoms with van der Waals surface area (Å²) in [6, 6.07) is 0.594. The van der Waals surface area contributed by atoms with Crippen LogP contribution in [0.5, 0.6) is 0 Å². The van der Waals surface area contributed by atoms with Gasteiger partial charge in [0.1, 0.15) is 0 Å². The molecule has 0 rings (SSSR count). The molecule has 0 fully saturated rings. The Balaban J connectivity index is 3.54. The molecule has 0 amide bonds. The maximum Gasteiger partial charge on any atom is 0.0521 e. The summed E-state index contributed by atoms with van der Waals surface area (Å²) in [5.74, 6) is 2.65. The molecule has 0 radical (unpaired) electrons. The van der Waals surface area contributed by atoms with Crippen LogP contribution in [0.3, 0.4) is 0 Å². The first-order valence-corrected chi connectivity index (χ1v) is 6.29. The SMILES string of the molecule is CCCNC(CSCCO)C(C)C. The minimum absolute atomic E-state index is 0.295. The zero-order valence-corrected chi connectivity index (χ0v) is 9.86. The molecule has 2 N–H and O–H groups in total. The Kier molecular flexibility index (Phi) is 9.03. The molecule has 0 aliphatic carbocycles. The molecule has 0 aliphatic heterocycles. The lowest BCUT2D eigenvalue weighted by Gasteiger charge is -2.21. The molecule has 0 heterocycles. The number of aliphatic hydroxyl groups is 1. The van der Waals surface area contributed by atoms with Crippen molar-refractivity contribution in [3.8, 4) is 0 Å². The first kappa shape index (κ1) is 13.3. The summed E-state index contributed by atoms with van der Waals surface area (Å²) < 4.78 is 0. The van der Waals surface area contributed by atoms with Gasteiger partial charge < -0.3 is 10.4 Å². The summed E-state index contributed by atoms with van der Waals surface area (Å²) in [5, 5.41) is 12.2. The lowest BCUT2D eigenvalue weighted by atomic mass is 10.1. The van der Waals surface area contributed by atoms with Gasteiger partial charge in [-0.3, -0.25) is 0 Å². The molecule has 0 aliphatic rings. The van der Waals surface area contributed by atoms with Crippen molar-refractivity contribution in [3.63, 3.8) is 0 Å². The van der Waals surface area contributed by atoms with Crippen molar-refractivity contribution >= 4 is 11.8 Å². The van der Waals surface area contributed by atoms with Gasteiger partial charge in [0.15, 0.2) is 0 Å². The van der Waals surface area contributed by atoms with E-state index in [0.29, 0.717) is 18.6 Å². The van der Waals surface area contributed by atoms with Crippen molar-refractivity contribution in [2.75, 3.05) is 24.7 Å². The smallest absolute Gasteiger partial charge is 0.0521 e. The van der Waals surface area contributed by atoms with Gasteiger partial charge in [0.2, 0.25) is 0 Å². The third-order valence-electron chi connectivity index (χ3n) is 1.99. The van der Waals surface area contributed by atoms with Crippen LogP contribution in [-0.4, -0.2) is 35.8 Å². The van der Waals surface area contributed by atoms with Crippen molar-refractivity contribution < 1.29 is 5.11 Å². The highest BCUT2D eigenvalue weighted by molar-refractivity contribution is 7.99. The second-order valence-corrected chi connectivity index (χ2v) is 4.75. The maximum atomic E-state index is 8.65. The quantitative estimate of drug-likeness (QED) is 0.592. The average Bonchev–Trinajstić information content (AvgIpc) is 2.10. The Bertz CT molecular complexity index is 109. The monoisotopic (exact) mass is 205 g/mol. The second kappa shape index (κ2) is 8.85. The third-order valence-corrected chi connectivity index (χ3v) is 3.06. The number of aliphatic hydroxyl groups excluding tert-OH is 1. The molecule has 0 aromatic carbocycles. The molecule has 1 unspecified atom stereocenters. The normalized spacial score (nSPS) is 13.6. The van der Waals surface area contributed by atoms with Crippen LogP contribution in [0.4, 0.5) is 0 Å². The fourth-order valence-corrected chi connectivity index (χ4v) is 2.14. The fraction of sp³-hybridized carbons (Fsp3) is 1.00. The van der Waals surface area contributed by atoms with Crippen LogP contribution in [0.15, 0.2) is 0 Å². The number of nitrogens with one attached hydrogen (secondary N) is 1. The van der Waals surface area contributed by atoms with E-state index in [1.54, 1.807) is 0 Å². The van der Waals surface area contributed by atoms with Gasteiger partial charge in [-0.05, 0) is 18.9 Å². The number of rotatable bonds is 8. The van der Waals surface area contributed by atoms with Crippen LogP contribution in [0.25, 0.3) is 0 Å². The molecule has 1 atom stereocenters. The Morgan fingerprint density at radius 3 is 2.54 bits per heavy atom. The minimum atomic E-state index is 0.295. The van der Waals surface area contributed by atoms with E-state index in [9.17, 15) is 0 Å². The third kappa shape index (κ3) is 7.35. The zero-order valence-electron chi connectivity index (χ0n) is 9.05.